The summed E-state index contributed by atoms with van der Waals surface area (Å²) >= 11 is 0. The van der Waals surface area contributed by atoms with Gasteiger partial charge in [-0.05, 0) is 42.7 Å². The van der Waals surface area contributed by atoms with E-state index in [1.54, 1.807) is 12.1 Å². The predicted molar refractivity (Wildman–Crippen MR) is 105 cm³/mol. The van der Waals surface area contributed by atoms with Gasteiger partial charge in [0.1, 0.15) is 0 Å². The first-order valence-corrected chi connectivity index (χ1v) is 8.78. The topological polar surface area (TPSA) is 95.9 Å². The molecule has 0 aromatic heterocycles. The molecular formula is C21H24N2O5. The number of para-hydroxylation sites is 1. The number of nitrogens with one attached hydrogen (secondary N) is 1. The number of rotatable bonds is 7. The zero-order valence-corrected chi connectivity index (χ0v) is 16.2. The number of aliphatic hydroxyl groups excluding tert-OH is 1. The molecule has 2 aromatic carbocycles. The maximum atomic E-state index is 12.2. The van der Waals surface area contributed by atoms with Crippen LogP contribution in [0.2, 0.25) is 0 Å². The summed E-state index contributed by atoms with van der Waals surface area (Å²) in [6.07, 6.45) is 0. The molecule has 0 aliphatic carbocycles. The zero-order chi connectivity index (χ0) is 20.7. The van der Waals surface area contributed by atoms with Crippen LogP contribution in [0.1, 0.15) is 27.0 Å². The number of benzene rings is 2. The van der Waals surface area contributed by atoms with Crippen LogP contribution in [-0.2, 0) is 20.9 Å². The standard InChI is InChI=1S/C21H24N2O5/c1-14-5-4-6-15(2)20(14)22-18(25)11-23(3)19(26)13-28-21(27)17-9-7-16(12-24)8-10-17/h4-10,24H,11-13H2,1-3H3,(H,22,25). The minimum Gasteiger partial charge on any atom is -0.452 e. The summed E-state index contributed by atoms with van der Waals surface area (Å²) in [6.45, 7) is 3.04. The fourth-order valence-corrected chi connectivity index (χ4v) is 2.56. The molecular weight excluding hydrogens is 360 g/mol. The van der Waals surface area contributed by atoms with Crippen molar-refractivity contribution >= 4 is 23.5 Å². The molecule has 0 heterocycles. The fourth-order valence-electron chi connectivity index (χ4n) is 2.56. The van der Waals surface area contributed by atoms with Gasteiger partial charge in [0.25, 0.3) is 5.91 Å². The van der Waals surface area contributed by atoms with Crippen LogP contribution in [0, 0.1) is 13.8 Å². The van der Waals surface area contributed by atoms with Gasteiger partial charge in [-0.3, -0.25) is 9.59 Å². The number of carbonyl (C=O) groups excluding carboxylic acids is 3. The second-order valence-corrected chi connectivity index (χ2v) is 6.50. The van der Waals surface area contributed by atoms with Crippen molar-refractivity contribution in [3.8, 4) is 0 Å². The summed E-state index contributed by atoms with van der Waals surface area (Å²) in [5.41, 5.74) is 3.54. The van der Waals surface area contributed by atoms with Crippen molar-refractivity contribution in [2.75, 3.05) is 25.5 Å². The average molecular weight is 384 g/mol. The molecule has 0 saturated carbocycles. The highest BCUT2D eigenvalue weighted by Gasteiger charge is 2.17. The molecule has 2 rings (SSSR count). The lowest BCUT2D eigenvalue weighted by Crippen LogP contribution is -2.37. The number of nitrogens with zero attached hydrogens (tertiary/aromatic N) is 1. The lowest BCUT2D eigenvalue weighted by molar-refractivity contribution is -0.136. The number of hydrogen-bond acceptors (Lipinski definition) is 5. The summed E-state index contributed by atoms with van der Waals surface area (Å²) in [5, 5.41) is 11.8. The molecule has 0 saturated heterocycles. The Labute approximate surface area is 163 Å². The van der Waals surface area contributed by atoms with Gasteiger partial charge in [-0.2, -0.15) is 0 Å². The van der Waals surface area contributed by atoms with Crippen molar-refractivity contribution < 1.29 is 24.2 Å². The summed E-state index contributed by atoms with van der Waals surface area (Å²) in [7, 11) is 1.47. The molecule has 0 fully saturated rings. The van der Waals surface area contributed by atoms with Crippen molar-refractivity contribution in [3.63, 3.8) is 0 Å². The van der Waals surface area contributed by atoms with Crippen LogP contribution in [0.25, 0.3) is 0 Å². The van der Waals surface area contributed by atoms with Gasteiger partial charge < -0.3 is 20.1 Å². The Kier molecular flexibility index (Phi) is 7.28. The van der Waals surface area contributed by atoms with Gasteiger partial charge in [-0.1, -0.05) is 30.3 Å². The second-order valence-electron chi connectivity index (χ2n) is 6.50. The van der Waals surface area contributed by atoms with Gasteiger partial charge in [0, 0.05) is 12.7 Å². The third-order valence-electron chi connectivity index (χ3n) is 4.25. The molecule has 28 heavy (non-hydrogen) atoms. The van der Waals surface area contributed by atoms with E-state index in [2.05, 4.69) is 5.32 Å². The van der Waals surface area contributed by atoms with E-state index in [1.165, 1.54) is 24.1 Å². The first-order chi connectivity index (χ1) is 13.3. The van der Waals surface area contributed by atoms with Crippen LogP contribution in [-0.4, -0.2) is 48.0 Å². The SMILES string of the molecule is Cc1cccc(C)c1NC(=O)CN(C)C(=O)COC(=O)c1ccc(CO)cc1. The molecule has 0 aliphatic rings. The highest BCUT2D eigenvalue weighted by atomic mass is 16.5. The summed E-state index contributed by atoms with van der Waals surface area (Å²) in [6, 6.07) is 11.9. The highest BCUT2D eigenvalue weighted by Crippen LogP contribution is 2.19. The quantitative estimate of drug-likeness (QED) is 0.713. The first kappa shape index (κ1) is 21.1. The van der Waals surface area contributed by atoms with Crippen molar-refractivity contribution in [1.29, 1.82) is 0 Å². The summed E-state index contributed by atoms with van der Waals surface area (Å²) in [5.74, 6) is -1.47. The largest absolute Gasteiger partial charge is 0.452 e. The number of ether oxygens (including phenoxy) is 1. The molecule has 2 aromatic rings. The lowest BCUT2D eigenvalue weighted by atomic mass is 10.1. The van der Waals surface area contributed by atoms with Crippen molar-refractivity contribution in [2.45, 2.75) is 20.5 Å². The number of likely N-dealkylation sites (N-methyl/N-ethyl adjacent to an activating group) is 1. The first-order valence-electron chi connectivity index (χ1n) is 8.78. The molecule has 7 heteroatoms. The highest BCUT2D eigenvalue weighted by molar-refractivity contribution is 5.96. The third-order valence-corrected chi connectivity index (χ3v) is 4.25. The molecule has 0 radical (unpaired) electrons. The molecule has 0 unspecified atom stereocenters. The van der Waals surface area contributed by atoms with Gasteiger partial charge in [-0.15, -0.1) is 0 Å². The Morgan fingerprint density at radius 3 is 2.21 bits per heavy atom. The minimum absolute atomic E-state index is 0.122. The van der Waals surface area contributed by atoms with E-state index in [1.807, 2.05) is 32.0 Å². The second kappa shape index (κ2) is 9.66. The van der Waals surface area contributed by atoms with Crippen LogP contribution >= 0.6 is 0 Å². The van der Waals surface area contributed by atoms with Gasteiger partial charge >= 0.3 is 5.97 Å². The maximum absolute atomic E-state index is 12.2. The Bertz CT molecular complexity index is 841. The average Bonchev–Trinajstić information content (AvgIpc) is 2.68. The van der Waals surface area contributed by atoms with Crippen LogP contribution in [0.4, 0.5) is 5.69 Å². The van der Waals surface area contributed by atoms with Gasteiger partial charge in [0.05, 0.1) is 18.7 Å². The zero-order valence-electron chi connectivity index (χ0n) is 16.2. The number of hydrogen-bond donors (Lipinski definition) is 2. The fraction of sp³-hybridized carbons (Fsp3) is 0.286. The van der Waals surface area contributed by atoms with E-state index < -0.39 is 18.5 Å². The van der Waals surface area contributed by atoms with Gasteiger partial charge in [0.15, 0.2) is 6.61 Å². The molecule has 2 N–H and O–H groups in total. The predicted octanol–water partition coefficient (Wildman–Crippen LogP) is 2.05. The third kappa shape index (κ3) is 5.65. The van der Waals surface area contributed by atoms with E-state index in [4.69, 9.17) is 9.84 Å². The number of aryl methyl sites for hydroxylation is 2. The van der Waals surface area contributed by atoms with Crippen LogP contribution < -0.4 is 5.32 Å². The molecule has 0 bridgehead atoms. The Morgan fingerprint density at radius 1 is 1.04 bits per heavy atom. The van der Waals surface area contributed by atoms with Crippen molar-refractivity contribution in [3.05, 3.63) is 64.7 Å². The maximum Gasteiger partial charge on any atom is 0.338 e. The number of amides is 2. The van der Waals surface area contributed by atoms with Crippen LogP contribution in [0.5, 0.6) is 0 Å². The van der Waals surface area contributed by atoms with Gasteiger partial charge in [0.2, 0.25) is 5.91 Å². The van der Waals surface area contributed by atoms with Gasteiger partial charge in [-0.25, -0.2) is 4.79 Å². The number of carbonyl (C=O) groups is 3. The molecule has 7 nitrogen and oxygen atoms in total. The molecule has 2 amide bonds. The molecule has 0 atom stereocenters. The monoisotopic (exact) mass is 384 g/mol. The minimum atomic E-state index is -0.647. The molecule has 148 valence electrons. The molecule has 0 spiro atoms. The number of aliphatic hydroxyl groups is 1. The van der Waals surface area contributed by atoms with Crippen LogP contribution in [0.15, 0.2) is 42.5 Å². The Hall–Kier alpha value is -3.19. The summed E-state index contributed by atoms with van der Waals surface area (Å²) in [4.78, 5) is 37.5. The molecule has 0 aliphatic heterocycles. The Morgan fingerprint density at radius 2 is 1.64 bits per heavy atom. The van der Waals surface area contributed by atoms with E-state index in [0.717, 1.165) is 16.8 Å². The lowest BCUT2D eigenvalue weighted by Gasteiger charge is -2.18. The van der Waals surface area contributed by atoms with Crippen molar-refractivity contribution in [2.24, 2.45) is 0 Å². The number of esters is 1. The van der Waals surface area contributed by atoms with Crippen LogP contribution in [0.3, 0.4) is 0 Å². The van der Waals surface area contributed by atoms with E-state index in [0.29, 0.717) is 5.56 Å². The van der Waals surface area contributed by atoms with Crippen molar-refractivity contribution in [1.82, 2.24) is 4.90 Å². The summed E-state index contributed by atoms with van der Waals surface area (Å²) < 4.78 is 5.00. The smallest absolute Gasteiger partial charge is 0.338 e. The number of anilines is 1. The van der Waals surface area contributed by atoms with E-state index >= 15 is 0 Å². The van der Waals surface area contributed by atoms with E-state index in [-0.39, 0.29) is 24.6 Å². The Balaban J connectivity index is 1.84. The van der Waals surface area contributed by atoms with E-state index in [9.17, 15) is 14.4 Å². The normalized spacial score (nSPS) is 10.3.